The number of hydrogen-bond acceptors (Lipinski definition) is 6. The van der Waals surface area contributed by atoms with E-state index < -0.39 is 22.5 Å². The molecular weight excluding hydrogens is 441 g/mol. The topological polar surface area (TPSA) is 97.3 Å². The minimum absolute atomic E-state index is 0.168. The fourth-order valence-corrected chi connectivity index (χ4v) is 3.53. The molecule has 2 aromatic rings. The lowest BCUT2D eigenvalue weighted by Gasteiger charge is -2.21. The van der Waals surface area contributed by atoms with Crippen molar-refractivity contribution in [3.63, 3.8) is 0 Å². The first-order valence-corrected chi connectivity index (χ1v) is 10.7. The van der Waals surface area contributed by atoms with E-state index in [1.807, 2.05) is 0 Å². The first-order chi connectivity index (χ1) is 13.7. The lowest BCUT2D eigenvalue weighted by molar-refractivity contribution is -0.119. The van der Waals surface area contributed by atoms with Gasteiger partial charge in [-0.05, 0) is 30.3 Å². The first-order valence-electron chi connectivity index (χ1n) is 8.13. The molecule has 0 aliphatic heterocycles. The second-order valence-electron chi connectivity index (χ2n) is 5.74. The van der Waals surface area contributed by atoms with Crippen LogP contribution in [0, 0.1) is 0 Å². The van der Waals surface area contributed by atoms with Gasteiger partial charge in [0.2, 0.25) is 10.0 Å². The molecule has 0 bridgehead atoms. The van der Waals surface area contributed by atoms with Crippen LogP contribution >= 0.6 is 23.2 Å². The Bertz CT molecular complexity index is 1030. The highest BCUT2D eigenvalue weighted by molar-refractivity contribution is 7.92. The van der Waals surface area contributed by atoms with Gasteiger partial charge >= 0.3 is 0 Å². The van der Waals surface area contributed by atoms with Gasteiger partial charge in [-0.3, -0.25) is 9.10 Å². The van der Waals surface area contributed by atoms with E-state index in [1.165, 1.54) is 38.6 Å². The fraction of sp³-hybridized carbons (Fsp3) is 0.222. The molecule has 0 aliphatic carbocycles. The highest BCUT2D eigenvalue weighted by atomic mass is 35.5. The molecule has 1 N–H and O–H groups in total. The summed E-state index contributed by atoms with van der Waals surface area (Å²) in [4.78, 5) is 12.2. The zero-order valence-electron chi connectivity index (χ0n) is 15.8. The highest BCUT2D eigenvalue weighted by Gasteiger charge is 2.21. The summed E-state index contributed by atoms with van der Waals surface area (Å²) >= 11 is 11.8. The smallest absolute Gasteiger partial charge is 0.260 e. The van der Waals surface area contributed by atoms with Crippen molar-refractivity contribution in [1.82, 2.24) is 5.43 Å². The summed E-state index contributed by atoms with van der Waals surface area (Å²) in [7, 11) is -0.773. The lowest BCUT2D eigenvalue weighted by atomic mass is 10.2. The molecule has 0 atom stereocenters. The van der Waals surface area contributed by atoms with Gasteiger partial charge < -0.3 is 9.47 Å². The van der Waals surface area contributed by atoms with Crippen LogP contribution in [-0.2, 0) is 14.8 Å². The second-order valence-corrected chi connectivity index (χ2v) is 8.47. The Labute approximate surface area is 179 Å². The average molecular weight is 460 g/mol. The van der Waals surface area contributed by atoms with Crippen molar-refractivity contribution in [3.8, 4) is 11.5 Å². The quantitative estimate of drug-likeness (QED) is 0.483. The molecule has 0 fully saturated rings. The highest BCUT2D eigenvalue weighted by Crippen LogP contribution is 2.30. The van der Waals surface area contributed by atoms with Crippen LogP contribution in [0.3, 0.4) is 0 Å². The minimum Gasteiger partial charge on any atom is -0.493 e. The Morgan fingerprint density at radius 3 is 2.48 bits per heavy atom. The zero-order chi connectivity index (χ0) is 21.6. The van der Waals surface area contributed by atoms with Crippen LogP contribution in [0.2, 0.25) is 10.0 Å². The molecule has 2 aromatic carbocycles. The van der Waals surface area contributed by atoms with Crippen LogP contribution in [0.4, 0.5) is 5.69 Å². The summed E-state index contributed by atoms with van der Waals surface area (Å²) < 4.78 is 35.6. The molecule has 0 unspecified atom stereocenters. The monoisotopic (exact) mass is 459 g/mol. The minimum atomic E-state index is -3.76. The van der Waals surface area contributed by atoms with Crippen LogP contribution in [0.5, 0.6) is 11.5 Å². The first kappa shape index (κ1) is 22.8. The number of halogens is 2. The van der Waals surface area contributed by atoms with Gasteiger partial charge in [0, 0.05) is 5.56 Å². The van der Waals surface area contributed by atoms with Crippen molar-refractivity contribution in [2.24, 2.45) is 5.10 Å². The van der Waals surface area contributed by atoms with Crippen LogP contribution < -0.4 is 19.2 Å². The number of hydrazone groups is 1. The van der Waals surface area contributed by atoms with E-state index in [2.05, 4.69) is 10.5 Å². The molecule has 0 aliphatic rings. The molecule has 0 radical (unpaired) electrons. The van der Waals surface area contributed by atoms with Crippen molar-refractivity contribution in [2.45, 2.75) is 0 Å². The molecule has 29 heavy (non-hydrogen) atoms. The third-order valence-electron chi connectivity index (χ3n) is 3.70. The van der Waals surface area contributed by atoms with Crippen LogP contribution in [0.15, 0.2) is 41.5 Å². The molecule has 11 heteroatoms. The number of amides is 1. The van der Waals surface area contributed by atoms with Gasteiger partial charge in [0.15, 0.2) is 11.5 Å². The molecule has 8 nitrogen and oxygen atoms in total. The Morgan fingerprint density at radius 2 is 1.90 bits per heavy atom. The molecular formula is C18H19Cl2N3O5S. The SMILES string of the molecule is COc1cccc(/C=N\NC(=O)CN(c2ccc(Cl)c(Cl)c2)S(C)(=O)=O)c1OC. The molecule has 0 aromatic heterocycles. The molecule has 0 saturated carbocycles. The predicted octanol–water partition coefficient (Wildman–Crippen LogP) is 2.93. The number of benzene rings is 2. The van der Waals surface area contributed by atoms with E-state index in [0.29, 0.717) is 17.1 Å². The molecule has 0 spiro atoms. The van der Waals surface area contributed by atoms with Crippen LogP contribution in [0.25, 0.3) is 0 Å². The Morgan fingerprint density at radius 1 is 1.17 bits per heavy atom. The fourth-order valence-electron chi connectivity index (χ4n) is 2.39. The summed E-state index contributed by atoms with van der Waals surface area (Å²) in [5.74, 6) is 0.298. The van der Waals surface area contributed by atoms with Crippen LogP contribution in [-0.4, -0.2) is 47.6 Å². The number of carbonyl (C=O) groups excluding carboxylic acids is 1. The number of anilines is 1. The Balaban J connectivity index is 2.15. The van der Waals surface area contributed by atoms with E-state index in [1.54, 1.807) is 18.2 Å². The van der Waals surface area contributed by atoms with Gasteiger partial charge in [0.25, 0.3) is 5.91 Å². The number of hydrogen-bond donors (Lipinski definition) is 1. The van der Waals surface area contributed by atoms with E-state index >= 15 is 0 Å². The number of ether oxygens (including phenoxy) is 2. The van der Waals surface area contributed by atoms with E-state index in [0.717, 1.165) is 10.6 Å². The molecule has 156 valence electrons. The second kappa shape index (κ2) is 9.82. The normalized spacial score (nSPS) is 11.3. The van der Waals surface area contributed by atoms with Gasteiger partial charge in [-0.1, -0.05) is 29.3 Å². The number of sulfonamides is 1. The summed E-state index contributed by atoms with van der Waals surface area (Å²) in [5.41, 5.74) is 3.06. The molecule has 0 heterocycles. The average Bonchev–Trinajstić information content (AvgIpc) is 2.67. The summed E-state index contributed by atoms with van der Waals surface area (Å²) in [5, 5.41) is 4.29. The van der Waals surface area contributed by atoms with Crippen molar-refractivity contribution >= 4 is 51.0 Å². The predicted molar refractivity (Wildman–Crippen MR) is 114 cm³/mol. The number of para-hydroxylation sites is 1. The lowest BCUT2D eigenvalue weighted by Crippen LogP contribution is -2.39. The largest absolute Gasteiger partial charge is 0.493 e. The van der Waals surface area contributed by atoms with E-state index in [-0.39, 0.29) is 15.7 Å². The molecule has 2 rings (SSSR count). The maximum absolute atomic E-state index is 12.2. The maximum atomic E-state index is 12.2. The number of carbonyl (C=O) groups is 1. The van der Waals surface area contributed by atoms with Crippen molar-refractivity contribution in [1.29, 1.82) is 0 Å². The van der Waals surface area contributed by atoms with Crippen LogP contribution in [0.1, 0.15) is 5.56 Å². The third-order valence-corrected chi connectivity index (χ3v) is 5.58. The number of methoxy groups -OCH3 is 2. The van der Waals surface area contributed by atoms with Gasteiger partial charge in [0.1, 0.15) is 6.54 Å². The van der Waals surface area contributed by atoms with Gasteiger partial charge in [0.05, 0.1) is 42.4 Å². The summed E-state index contributed by atoms with van der Waals surface area (Å²) in [6.45, 7) is -0.497. The molecule has 0 saturated heterocycles. The maximum Gasteiger partial charge on any atom is 0.260 e. The third kappa shape index (κ3) is 5.99. The van der Waals surface area contributed by atoms with E-state index in [9.17, 15) is 13.2 Å². The van der Waals surface area contributed by atoms with Gasteiger partial charge in [-0.15, -0.1) is 0 Å². The summed E-state index contributed by atoms with van der Waals surface area (Å²) in [6.07, 6.45) is 2.34. The summed E-state index contributed by atoms with van der Waals surface area (Å²) in [6, 6.07) is 9.43. The van der Waals surface area contributed by atoms with Gasteiger partial charge in [-0.25, -0.2) is 13.8 Å². The number of nitrogens with one attached hydrogen (secondary N) is 1. The van der Waals surface area contributed by atoms with E-state index in [4.69, 9.17) is 32.7 Å². The van der Waals surface area contributed by atoms with Gasteiger partial charge in [-0.2, -0.15) is 5.10 Å². The molecule has 1 amide bonds. The number of rotatable bonds is 8. The standard InChI is InChI=1S/C18H19Cl2N3O5S/c1-27-16-6-4-5-12(18(16)28-2)10-21-22-17(24)11-23(29(3,25)26)13-7-8-14(19)15(20)9-13/h4-10H,11H2,1-3H3,(H,22,24)/b21-10-. The van der Waals surface area contributed by atoms with Crippen molar-refractivity contribution in [3.05, 3.63) is 52.0 Å². The Kier molecular flexibility index (Phi) is 7.72. The van der Waals surface area contributed by atoms with Crippen molar-refractivity contribution < 1.29 is 22.7 Å². The Hall–Kier alpha value is -2.49. The zero-order valence-corrected chi connectivity index (χ0v) is 18.2. The number of nitrogens with zero attached hydrogens (tertiary/aromatic N) is 2. The van der Waals surface area contributed by atoms with Crippen molar-refractivity contribution in [2.75, 3.05) is 31.3 Å².